The molecule has 1 aliphatic rings. The molecule has 4 nitrogen and oxygen atoms in total. The molecule has 2 aromatic heterocycles. The normalized spacial score (nSPS) is 12.3. The summed E-state index contributed by atoms with van der Waals surface area (Å²) >= 11 is 0. The van der Waals surface area contributed by atoms with E-state index in [2.05, 4.69) is 124 Å². The highest BCUT2D eigenvalue weighted by atomic mass is 15.0. The number of nitriles is 2. The Morgan fingerprint density at radius 1 is 0.521 bits per heavy atom. The summed E-state index contributed by atoms with van der Waals surface area (Å²) in [6.45, 7) is 0. The predicted octanol–water partition coefficient (Wildman–Crippen LogP) is 10.8. The van der Waals surface area contributed by atoms with E-state index in [1.54, 1.807) is 0 Å². The molecule has 0 aliphatic heterocycles. The number of rotatable bonds is 4. The third-order valence-corrected chi connectivity index (χ3v) is 9.71. The molecule has 0 unspecified atom stereocenters. The molecule has 8 aromatic rings. The summed E-state index contributed by atoms with van der Waals surface area (Å²) in [4.78, 5) is 0. The fraction of sp³-hybridized carbons (Fsp3) is 0.0455. The number of aromatic nitrogens is 2. The first kappa shape index (κ1) is 27.7. The number of allylic oxidation sites excluding steroid dienone is 1. The summed E-state index contributed by atoms with van der Waals surface area (Å²) in [5.74, 6) is 0. The van der Waals surface area contributed by atoms with Gasteiger partial charge in [-0.15, -0.1) is 0 Å². The van der Waals surface area contributed by atoms with E-state index in [1.807, 2.05) is 42.5 Å². The first-order chi connectivity index (χ1) is 23.8. The van der Waals surface area contributed by atoms with Gasteiger partial charge in [0, 0.05) is 38.5 Å². The molecule has 0 fully saturated rings. The Bertz CT molecular complexity index is 2630. The standard InChI is InChI=1S/C44H28N4/c45-27-31-11-9-22-43(48-40-19-7-3-14-35(40)36-15-4-8-20-41(36)48)44(31)30-25-23-29(24-26-30)32-16-10-21-42(37(32)28-46)47-38-17-5-1-12-33(38)34-13-2-6-18-39(34)47/h1-7,9-19,21-26H,8,20H2. The monoisotopic (exact) mass is 612 g/mol. The molecule has 6 aromatic carbocycles. The Labute approximate surface area is 278 Å². The minimum atomic E-state index is 0.619. The van der Waals surface area contributed by atoms with Crippen molar-refractivity contribution in [1.29, 1.82) is 10.5 Å². The molecular weight excluding hydrogens is 585 g/mol. The van der Waals surface area contributed by atoms with Gasteiger partial charge in [0.15, 0.2) is 0 Å². The van der Waals surface area contributed by atoms with Crippen molar-refractivity contribution >= 4 is 38.8 Å². The van der Waals surface area contributed by atoms with Gasteiger partial charge in [0.25, 0.3) is 0 Å². The fourth-order valence-corrected chi connectivity index (χ4v) is 7.65. The van der Waals surface area contributed by atoms with Gasteiger partial charge in [-0.05, 0) is 60.4 Å². The zero-order valence-electron chi connectivity index (χ0n) is 26.1. The minimum Gasteiger partial charge on any atom is -0.312 e. The Balaban J connectivity index is 1.20. The smallest absolute Gasteiger partial charge is 0.102 e. The maximum absolute atomic E-state index is 10.6. The fourth-order valence-electron chi connectivity index (χ4n) is 7.65. The number of benzene rings is 6. The molecule has 224 valence electrons. The molecule has 4 heteroatoms. The molecule has 9 rings (SSSR count). The van der Waals surface area contributed by atoms with E-state index in [0.717, 1.165) is 73.8 Å². The molecule has 0 radical (unpaired) electrons. The Kier molecular flexibility index (Phi) is 6.35. The summed E-state index contributed by atoms with van der Waals surface area (Å²) in [6.07, 6.45) is 6.41. The van der Waals surface area contributed by atoms with Crippen molar-refractivity contribution in [3.05, 3.63) is 162 Å². The van der Waals surface area contributed by atoms with Gasteiger partial charge in [0.05, 0.1) is 45.1 Å². The van der Waals surface area contributed by atoms with Gasteiger partial charge in [-0.2, -0.15) is 10.5 Å². The number of fused-ring (bicyclic) bond motifs is 6. The van der Waals surface area contributed by atoms with Gasteiger partial charge >= 0.3 is 0 Å². The van der Waals surface area contributed by atoms with Crippen LogP contribution in [-0.2, 0) is 6.42 Å². The van der Waals surface area contributed by atoms with Crippen LogP contribution in [0.2, 0.25) is 0 Å². The molecule has 1 aliphatic carbocycles. The maximum atomic E-state index is 10.6. The van der Waals surface area contributed by atoms with Crippen molar-refractivity contribution in [2.75, 3.05) is 0 Å². The van der Waals surface area contributed by atoms with Crippen LogP contribution < -0.4 is 0 Å². The van der Waals surface area contributed by atoms with Crippen LogP contribution >= 0.6 is 0 Å². The van der Waals surface area contributed by atoms with Crippen LogP contribution in [0.25, 0.3) is 72.4 Å². The van der Waals surface area contributed by atoms with Crippen LogP contribution in [0, 0.1) is 22.7 Å². The highest BCUT2D eigenvalue weighted by Gasteiger charge is 2.22. The van der Waals surface area contributed by atoms with Crippen LogP contribution in [-0.4, -0.2) is 9.13 Å². The third-order valence-electron chi connectivity index (χ3n) is 9.71. The van der Waals surface area contributed by atoms with Crippen molar-refractivity contribution in [2.24, 2.45) is 0 Å². The van der Waals surface area contributed by atoms with E-state index in [-0.39, 0.29) is 0 Å². The van der Waals surface area contributed by atoms with Crippen molar-refractivity contribution in [3.8, 4) is 45.8 Å². The van der Waals surface area contributed by atoms with Crippen molar-refractivity contribution < 1.29 is 0 Å². The highest BCUT2D eigenvalue weighted by Crippen LogP contribution is 2.40. The predicted molar refractivity (Wildman–Crippen MR) is 195 cm³/mol. The second kappa shape index (κ2) is 11.0. The van der Waals surface area contributed by atoms with Crippen molar-refractivity contribution in [2.45, 2.75) is 12.8 Å². The highest BCUT2D eigenvalue weighted by molar-refractivity contribution is 6.09. The topological polar surface area (TPSA) is 57.4 Å². The summed E-state index contributed by atoms with van der Waals surface area (Å²) < 4.78 is 4.55. The van der Waals surface area contributed by atoms with E-state index >= 15 is 0 Å². The van der Waals surface area contributed by atoms with Crippen molar-refractivity contribution in [3.63, 3.8) is 0 Å². The van der Waals surface area contributed by atoms with Crippen LogP contribution in [0.4, 0.5) is 0 Å². The molecule has 0 saturated heterocycles. The lowest BCUT2D eigenvalue weighted by atomic mass is 9.93. The Morgan fingerprint density at radius 2 is 1.12 bits per heavy atom. The van der Waals surface area contributed by atoms with E-state index in [4.69, 9.17) is 0 Å². The summed E-state index contributed by atoms with van der Waals surface area (Å²) in [5.41, 5.74) is 12.6. The lowest BCUT2D eigenvalue weighted by Crippen LogP contribution is -2.05. The second-order valence-corrected chi connectivity index (χ2v) is 12.2. The van der Waals surface area contributed by atoms with Crippen LogP contribution in [0.3, 0.4) is 0 Å². The lowest BCUT2D eigenvalue weighted by Gasteiger charge is -2.18. The number of para-hydroxylation sites is 3. The molecule has 0 saturated carbocycles. The van der Waals surface area contributed by atoms with E-state index in [1.165, 1.54) is 16.6 Å². The van der Waals surface area contributed by atoms with Gasteiger partial charge in [0.1, 0.15) is 6.07 Å². The van der Waals surface area contributed by atoms with Crippen molar-refractivity contribution in [1.82, 2.24) is 9.13 Å². The molecular formula is C44H28N4. The average Bonchev–Trinajstić information content (AvgIpc) is 3.67. The average molecular weight is 613 g/mol. The zero-order valence-corrected chi connectivity index (χ0v) is 26.1. The second-order valence-electron chi connectivity index (χ2n) is 12.2. The molecule has 48 heavy (non-hydrogen) atoms. The van der Waals surface area contributed by atoms with E-state index in [0.29, 0.717) is 11.1 Å². The minimum absolute atomic E-state index is 0.619. The third kappa shape index (κ3) is 4.07. The molecule has 0 amide bonds. The van der Waals surface area contributed by atoms with Gasteiger partial charge in [-0.3, -0.25) is 0 Å². The van der Waals surface area contributed by atoms with E-state index in [9.17, 15) is 10.5 Å². The lowest BCUT2D eigenvalue weighted by molar-refractivity contribution is 0.889. The molecule has 0 spiro atoms. The largest absolute Gasteiger partial charge is 0.312 e. The number of hydrogen-bond acceptors (Lipinski definition) is 2. The summed E-state index contributed by atoms with van der Waals surface area (Å²) in [7, 11) is 0. The van der Waals surface area contributed by atoms with Gasteiger partial charge in [-0.1, -0.05) is 109 Å². The Hall–Kier alpha value is -6.62. The molecule has 0 bridgehead atoms. The Morgan fingerprint density at radius 3 is 1.81 bits per heavy atom. The van der Waals surface area contributed by atoms with E-state index < -0.39 is 0 Å². The number of hydrogen-bond donors (Lipinski definition) is 0. The van der Waals surface area contributed by atoms with Crippen LogP contribution in [0.15, 0.2) is 140 Å². The summed E-state index contributed by atoms with van der Waals surface area (Å²) in [5, 5.41) is 24.5. The SMILES string of the molecule is N#Cc1cccc(-n2c3c(c4ccccc42)C=CCC3)c1-c1ccc(-c2cccc(-n3c4ccccc4c4ccccc43)c2C#N)cc1. The zero-order chi connectivity index (χ0) is 32.2. The van der Waals surface area contributed by atoms with Gasteiger partial charge < -0.3 is 9.13 Å². The summed E-state index contributed by atoms with van der Waals surface area (Å²) in [6, 6.07) is 50.6. The van der Waals surface area contributed by atoms with Gasteiger partial charge in [0.2, 0.25) is 0 Å². The van der Waals surface area contributed by atoms with Crippen LogP contribution in [0.5, 0.6) is 0 Å². The molecule has 0 N–H and O–H groups in total. The van der Waals surface area contributed by atoms with Crippen LogP contribution in [0.1, 0.15) is 28.8 Å². The quantitative estimate of drug-likeness (QED) is 0.199. The first-order valence-corrected chi connectivity index (χ1v) is 16.2. The molecule has 0 atom stereocenters. The number of nitrogens with zero attached hydrogens (tertiary/aromatic N) is 4. The van der Waals surface area contributed by atoms with Gasteiger partial charge in [-0.25, -0.2) is 0 Å². The molecule has 2 heterocycles. The first-order valence-electron chi connectivity index (χ1n) is 16.2. The maximum Gasteiger partial charge on any atom is 0.102 e.